The lowest BCUT2D eigenvalue weighted by atomic mass is 10.3. The van der Waals surface area contributed by atoms with Crippen LogP contribution in [0.4, 0.5) is 5.82 Å². The molecule has 0 saturated heterocycles. The Hall–Kier alpha value is -2.37. The van der Waals surface area contributed by atoms with E-state index in [1.165, 1.54) is 0 Å². The Kier molecular flexibility index (Phi) is 5.46. The van der Waals surface area contributed by atoms with Gasteiger partial charge in [0.25, 0.3) is 5.91 Å². The predicted molar refractivity (Wildman–Crippen MR) is 96.7 cm³/mol. The Labute approximate surface area is 149 Å². The SMILES string of the molecule is O=C(COc1ccc(Cl)cc1)N(Cc1cccs1)c1ccccn1. The zero-order chi connectivity index (χ0) is 16.8. The van der Waals surface area contributed by atoms with Crippen LogP contribution in [0.5, 0.6) is 5.75 Å². The molecule has 1 aromatic carbocycles. The number of halogens is 1. The molecule has 3 aromatic rings. The van der Waals surface area contributed by atoms with Crippen molar-refractivity contribution in [1.29, 1.82) is 0 Å². The summed E-state index contributed by atoms with van der Waals surface area (Å²) in [7, 11) is 0. The lowest BCUT2D eigenvalue weighted by Gasteiger charge is -2.21. The second-order valence-corrected chi connectivity index (χ2v) is 6.46. The molecule has 122 valence electrons. The van der Waals surface area contributed by atoms with Gasteiger partial charge in [0, 0.05) is 16.1 Å². The van der Waals surface area contributed by atoms with Gasteiger partial charge in [0.15, 0.2) is 6.61 Å². The smallest absolute Gasteiger partial charge is 0.266 e. The summed E-state index contributed by atoms with van der Waals surface area (Å²) in [6, 6.07) is 16.4. The highest BCUT2D eigenvalue weighted by Gasteiger charge is 2.18. The third-order valence-corrected chi connectivity index (χ3v) is 4.41. The van der Waals surface area contributed by atoms with E-state index in [1.54, 1.807) is 46.7 Å². The van der Waals surface area contributed by atoms with Crippen LogP contribution in [0.1, 0.15) is 4.88 Å². The molecule has 6 heteroatoms. The minimum absolute atomic E-state index is 0.0659. The van der Waals surface area contributed by atoms with Crippen molar-refractivity contribution in [3.8, 4) is 5.75 Å². The minimum Gasteiger partial charge on any atom is -0.484 e. The summed E-state index contributed by atoms with van der Waals surface area (Å²) in [4.78, 5) is 19.6. The van der Waals surface area contributed by atoms with Crippen LogP contribution < -0.4 is 9.64 Å². The monoisotopic (exact) mass is 358 g/mol. The van der Waals surface area contributed by atoms with E-state index in [0.717, 1.165) is 4.88 Å². The van der Waals surface area contributed by atoms with Crippen LogP contribution in [-0.4, -0.2) is 17.5 Å². The van der Waals surface area contributed by atoms with Crippen molar-refractivity contribution in [3.63, 3.8) is 0 Å². The Balaban J connectivity index is 1.72. The molecule has 0 bridgehead atoms. The zero-order valence-corrected chi connectivity index (χ0v) is 14.3. The number of thiophene rings is 1. The van der Waals surface area contributed by atoms with Crippen molar-refractivity contribution in [2.75, 3.05) is 11.5 Å². The molecule has 1 amide bonds. The molecular formula is C18H15ClN2O2S. The van der Waals surface area contributed by atoms with Gasteiger partial charge in [-0.25, -0.2) is 4.98 Å². The van der Waals surface area contributed by atoms with E-state index >= 15 is 0 Å². The summed E-state index contributed by atoms with van der Waals surface area (Å²) >= 11 is 7.45. The maximum atomic E-state index is 12.6. The van der Waals surface area contributed by atoms with Crippen molar-refractivity contribution < 1.29 is 9.53 Å². The van der Waals surface area contributed by atoms with Gasteiger partial charge in [0.2, 0.25) is 0 Å². The largest absolute Gasteiger partial charge is 0.484 e. The van der Waals surface area contributed by atoms with Crippen molar-refractivity contribution in [2.45, 2.75) is 6.54 Å². The van der Waals surface area contributed by atoms with Crippen LogP contribution in [0, 0.1) is 0 Å². The summed E-state index contributed by atoms with van der Waals surface area (Å²) < 4.78 is 5.57. The molecule has 0 aliphatic heterocycles. The van der Waals surface area contributed by atoms with Crippen molar-refractivity contribution in [3.05, 3.63) is 76.1 Å². The topological polar surface area (TPSA) is 42.4 Å². The van der Waals surface area contributed by atoms with Gasteiger partial charge in [-0.05, 0) is 47.8 Å². The molecule has 24 heavy (non-hydrogen) atoms. The fourth-order valence-corrected chi connectivity index (χ4v) is 2.94. The number of pyridine rings is 1. The lowest BCUT2D eigenvalue weighted by molar-refractivity contribution is -0.120. The molecule has 0 saturated carbocycles. The molecule has 0 aliphatic rings. The van der Waals surface area contributed by atoms with Crippen molar-refractivity contribution in [1.82, 2.24) is 4.98 Å². The second-order valence-electron chi connectivity index (χ2n) is 4.99. The van der Waals surface area contributed by atoms with Gasteiger partial charge in [-0.3, -0.25) is 9.69 Å². The van der Waals surface area contributed by atoms with Gasteiger partial charge < -0.3 is 4.74 Å². The quantitative estimate of drug-likeness (QED) is 0.655. The predicted octanol–water partition coefficient (Wildman–Crippen LogP) is 4.41. The second kappa shape index (κ2) is 7.95. The van der Waals surface area contributed by atoms with Crippen LogP contribution >= 0.6 is 22.9 Å². The van der Waals surface area contributed by atoms with Crippen LogP contribution in [-0.2, 0) is 11.3 Å². The number of carbonyl (C=O) groups excluding carboxylic acids is 1. The van der Waals surface area contributed by atoms with Crippen molar-refractivity contribution >= 4 is 34.7 Å². The van der Waals surface area contributed by atoms with Gasteiger partial charge in [0.05, 0.1) is 6.54 Å². The number of anilines is 1. The molecule has 0 radical (unpaired) electrons. The Morgan fingerprint density at radius 1 is 1.12 bits per heavy atom. The molecular weight excluding hydrogens is 344 g/mol. The van der Waals surface area contributed by atoms with Gasteiger partial charge in [-0.15, -0.1) is 11.3 Å². The van der Waals surface area contributed by atoms with Crippen LogP contribution in [0.15, 0.2) is 66.2 Å². The van der Waals surface area contributed by atoms with E-state index in [4.69, 9.17) is 16.3 Å². The maximum absolute atomic E-state index is 12.6. The molecule has 3 rings (SSSR count). The van der Waals surface area contributed by atoms with Crippen LogP contribution in [0.2, 0.25) is 5.02 Å². The Morgan fingerprint density at radius 3 is 2.62 bits per heavy atom. The van der Waals surface area contributed by atoms with Crippen LogP contribution in [0.3, 0.4) is 0 Å². The average molecular weight is 359 g/mol. The van der Waals surface area contributed by atoms with E-state index in [9.17, 15) is 4.79 Å². The highest BCUT2D eigenvalue weighted by molar-refractivity contribution is 7.09. The number of benzene rings is 1. The number of ether oxygens (including phenoxy) is 1. The molecule has 0 fully saturated rings. The van der Waals surface area contributed by atoms with Gasteiger partial charge in [0.1, 0.15) is 11.6 Å². The first-order chi connectivity index (χ1) is 11.7. The van der Waals surface area contributed by atoms with Crippen LogP contribution in [0.25, 0.3) is 0 Å². The number of aromatic nitrogens is 1. The van der Waals surface area contributed by atoms with E-state index in [0.29, 0.717) is 23.1 Å². The number of hydrogen-bond acceptors (Lipinski definition) is 4. The first-order valence-electron chi connectivity index (χ1n) is 7.34. The average Bonchev–Trinajstić information content (AvgIpc) is 3.13. The molecule has 4 nitrogen and oxygen atoms in total. The Morgan fingerprint density at radius 2 is 1.96 bits per heavy atom. The number of rotatable bonds is 6. The van der Waals surface area contributed by atoms with E-state index in [1.807, 2.05) is 35.7 Å². The number of carbonyl (C=O) groups is 1. The van der Waals surface area contributed by atoms with Gasteiger partial charge in [-0.1, -0.05) is 23.7 Å². The summed E-state index contributed by atoms with van der Waals surface area (Å²) in [5, 5.41) is 2.61. The van der Waals surface area contributed by atoms with E-state index < -0.39 is 0 Å². The van der Waals surface area contributed by atoms with E-state index in [2.05, 4.69) is 4.98 Å². The van der Waals surface area contributed by atoms with Crippen molar-refractivity contribution in [2.24, 2.45) is 0 Å². The molecule has 0 atom stereocenters. The number of nitrogens with zero attached hydrogens (tertiary/aromatic N) is 2. The number of amides is 1. The summed E-state index contributed by atoms with van der Waals surface area (Å²) in [6.07, 6.45) is 1.67. The molecule has 0 N–H and O–H groups in total. The molecule has 2 aromatic heterocycles. The third kappa shape index (κ3) is 4.34. The zero-order valence-electron chi connectivity index (χ0n) is 12.8. The molecule has 2 heterocycles. The third-order valence-electron chi connectivity index (χ3n) is 3.30. The summed E-state index contributed by atoms with van der Waals surface area (Å²) in [6.45, 7) is 0.404. The first-order valence-corrected chi connectivity index (χ1v) is 8.60. The maximum Gasteiger partial charge on any atom is 0.266 e. The Bertz CT molecular complexity index is 777. The lowest BCUT2D eigenvalue weighted by Crippen LogP contribution is -2.34. The normalized spacial score (nSPS) is 10.4. The summed E-state index contributed by atoms with van der Waals surface area (Å²) in [5.41, 5.74) is 0. The molecule has 0 aliphatic carbocycles. The minimum atomic E-state index is -0.156. The van der Waals surface area contributed by atoms with Gasteiger partial charge >= 0.3 is 0 Å². The van der Waals surface area contributed by atoms with E-state index in [-0.39, 0.29) is 12.5 Å². The fourth-order valence-electron chi connectivity index (χ4n) is 2.12. The fraction of sp³-hybridized carbons (Fsp3) is 0.111. The number of hydrogen-bond donors (Lipinski definition) is 0. The summed E-state index contributed by atoms with van der Waals surface area (Å²) in [5.74, 6) is 1.05. The molecule has 0 unspecified atom stereocenters. The first kappa shape index (κ1) is 16.5. The van der Waals surface area contributed by atoms with Gasteiger partial charge in [-0.2, -0.15) is 0 Å². The standard InChI is InChI=1S/C18H15ClN2O2S/c19-14-6-8-15(9-7-14)23-13-18(22)21(12-16-4-3-11-24-16)17-5-1-2-10-20-17/h1-11H,12-13H2. The highest BCUT2D eigenvalue weighted by atomic mass is 35.5. The molecule has 0 spiro atoms. The highest BCUT2D eigenvalue weighted by Crippen LogP contribution is 2.19.